The van der Waals surface area contributed by atoms with Gasteiger partial charge in [-0.15, -0.1) is 22.7 Å². The Morgan fingerprint density at radius 3 is 2.73 bits per heavy atom. The van der Waals surface area contributed by atoms with Crippen LogP contribution in [0.15, 0.2) is 16.5 Å². The molecule has 0 atom stereocenters. The van der Waals surface area contributed by atoms with Gasteiger partial charge in [0, 0.05) is 12.5 Å². The summed E-state index contributed by atoms with van der Waals surface area (Å²) in [6.45, 7) is 3.70. The summed E-state index contributed by atoms with van der Waals surface area (Å²) in [7, 11) is 1.50. The van der Waals surface area contributed by atoms with Crippen molar-refractivity contribution in [2.45, 2.75) is 26.8 Å². The number of anilines is 1. The lowest BCUT2D eigenvalue weighted by atomic mass is 10.2. The van der Waals surface area contributed by atoms with Crippen molar-refractivity contribution in [2.75, 3.05) is 32.2 Å². The maximum atomic E-state index is 12.9. The van der Waals surface area contributed by atoms with E-state index in [4.69, 9.17) is 14.2 Å². The first-order valence-corrected chi connectivity index (χ1v) is 11.6. The number of nitrogens with zero attached hydrogens (tertiary/aromatic N) is 3. The summed E-state index contributed by atoms with van der Waals surface area (Å²) in [5.41, 5.74) is 0.489. The summed E-state index contributed by atoms with van der Waals surface area (Å²) in [6, 6.07) is 0. The zero-order chi connectivity index (χ0) is 24.0. The molecule has 0 saturated heterocycles. The molecule has 13 heteroatoms. The number of aromatic nitrogens is 3. The van der Waals surface area contributed by atoms with E-state index in [1.165, 1.54) is 13.4 Å². The normalized spacial score (nSPS) is 10.9. The van der Waals surface area contributed by atoms with E-state index in [0.717, 1.165) is 27.2 Å². The Morgan fingerprint density at radius 2 is 2.00 bits per heavy atom. The van der Waals surface area contributed by atoms with Gasteiger partial charge in [-0.25, -0.2) is 14.8 Å². The van der Waals surface area contributed by atoms with Crippen molar-refractivity contribution in [2.24, 2.45) is 0 Å². The summed E-state index contributed by atoms with van der Waals surface area (Å²) in [5, 5.41) is 4.81. The van der Waals surface area contributed by atoms with E-state index in [1.54, 1.807) is 19.2 Å². The minimum atomic E-state index is -0.557. The molecule has 0 bridgehead atoms. The summed E-state index contributed by atoms with van der Waals surface area (Å²) >= 11 is 2.22. The Hall–Kier alpha value is -3.16. The maximum absolute atomic E-state index is 12.9. The van der Waals surface area contributed by atoms with Crippen LogP contribution in [0.3, 0.4) is 0 Å². The van der Waals surface area contributed by atoms with Gasteiger partial charge < -0.3 is 19.5 Å². The van der Waals surface area contributed by atoms with E-state index in [9.17, 15) is 19.2 Å². The topological polar surface area (TPSA) is 139 Å². The number of aryl methyl sites for hydroxylation is 1. The van der Waals surface area contributed by atoms with Crippen molar-refractivity contribution in [3.8, 4) is 0 Å². The number of carbonyl (C=O) groups is 3. The molecule has 0 fully saturated rings. The monoisotopic (exact) mass is 494 g/mol. The number of ether oxygens (including phenoxy) is 3. The molecule has 0 spiro atoms. The molecular formula is C20H22N4O7S2. The van der Waals surface area contributed by atoms with Crippen molar-refractivity contribution in [3.05, 3.63) is 38.2 Å². The number of nitrogens with one attached hydrogen (secondary N) is 1. The minimum Gasteiger partial charge on any atom is -0.466 e. The molecule has 1 N–H and O–H groups in total. The van der Waals surface area contributed by atoms with Crippen LogP contribution in [-0.2, 0) is 36.8 Å². The zero-order valence-corrected chi connectivity index (χ0v) is 19.8. The highest BCUT2D eigenvalue weighted by molar-refractivity contribution is 7.20. The quantitative estimate of drug-likeness (QED) is 0.330. The van der Waals surface area contributed by atoms with Crippen LogP contribution in [-0.4, -0.2) is 59.3 Å². The van der Waals surface area contributed by atoms with Gasteiger partial charge in [-0.3, -0.25) is 19.0 Å². The third-order valence-electron chi connectivity index (χ3n) is 4.37. The van der Waals surface area contributed by atoms with Crippen LogP contribution in [0, 0.1) is 6.92 Å². The van der Waals surface area contributed by atoms with Crippen LogP contribution >= 0.6 is 22.7 Å². The summed E-state index contributed by atoms with van der Waals surface area (Å²) < 4.78 is 16.0. The van der Waals surface area contributed by atoms with Crippen LogP contribution in [0.25, 0.3) is 10.2 Å². The average molecular weight is 495 g/mol. The molecule has 0 aliphatic heterocycles. The van der Waals surface area contributed by atoms with Gasteiger partial charge in [-0.1, -0.05) is 0 Å². The van der Waals surface area contributed by atoms with Crippen LogP contribution in [0.4, 0.5) is 5.13 Å². The largest absolute Gasteiger partial charge is 0.466 e. The van der Waals surface area contributed by atoms with E-state index in [1.807, 2.05) is 0 Å². The number of esters is 2. The van der Waals surface area contributed by atoms with Gasteiger partial charge in [0.1, 0.15) is 22.9 Å². The molecule has 3 heterocycles. The summed E-state index contributed by atoms with van der Waals surface area (Å²) in [4.78, 5) is 58.3. The van der Waals surface area contributed by atoms with Crippen LogP contribution < -0.4 is 10.9 Å². The van der Waals surface area contributed by atoms with E-state index in [0.29, 0.717) is 21.2 Å². The molecule has 0 radical (unpaired) electrons. The van der Waals surface area contributed by atoms with Gasteiger partial charge in [0.25, 0.3) is 5.56 Å². The Balaban J connectivity index is 1.71. The van der Waals surface area contributed by atoms with Crippen molar-refractivity contribution < 1.29 is 28.6 Å². The molecule has 3 aromatic heterocycles. The van der Waals surface area contributed by atoms with Crippen LogP contribution in [0.1, 0.15) is 27.9 Å². The fourth-order valence-electron chi connectivity index (χ4n) is 2.87. The number of hydrogen-bond acceptors (Lipinski definition) is 11. The smallest absolute Gasteiger partial charge is 0.348 e. The molecule has 3 rings (SSSR count). The molecule has 11 nitrogen and oxygen atoms in total. The predicted molar refractivity (Wildman–Crippen MR) is 122 cm³/mol. The van der Waals surface area contributed by atoms with Gasteiger partial charge in [-0.05, 0) is 19.4 Å². The van der Waals surface area contributed by atoms with Gasteiger partial charge in [0.05, 0.1) is 37.0 Å². The standard InChI is InChI=1S/C20H22N4O7S2/c1-4-30-14(26)7-12-9-32-20(22-12)23-13(25)8-24-10-21-17-15(18(24)27)11(2)16(33-17)19(28)31-6-5-29-3/h9-10H,4-8H2,1-3H3,(H,22,23,25). The van der Waals surface area contributed by atoms with Gasteiger partial charge in [0.2, 0.25) is 5.91 Å². The fourth-order valence-corrected chi connectivity index (χ4v) is 4.63. The Labute approximate surface area is 196 Å². The molecule has 0 aliphatic carbocycles. The highest BCUT2D eigenvalue weighted by Gasteiger charge is 2.21. The first kappa shape index (κ1) is 24.5. The zero-order valence-electron chi connectivity index (χ0n) is 18.2. The number of rotatable bonds is 10. The fraction of sp³-hybridized carbons (Fsp3) is 0.400. The van der Waals surface area contributed by atoms with Crippen molar-refractivity contribution in [1.82, 2.24) is 14.5 Å². The van der Waals surface area contributed by atoms with E-state index >= 15 is 0 Å². The third kappa shape index (κ3) is 6.00. The van der Waals surface area contributed by atoms with E-state index < -0.39 is 23.4 Å². The molecule has 33 heavy (non-hydrogen) atoms. The lowest BCUT2D eigenvalue weighted by Gasteiger charge is -2.05. The maximum Gasteiger partial charge on any atom is 0.348 e. The van der Waals surface area contributed by atoms with E-state index in [2.05, 4.69) is 15.3 Å². The number of thiophene rings is 1. The Bertz CT molecular complexity index is 1230. The number of thiazole rings is 1. The summed E-state index contributed by atoms with van der Waals surface area (Å²) in [6.07, 6.45) is 1.27. The Morgan fingerprint density at radius 1 is 1.21 bits per heavy atom. The average Bonchev–Trinajstić information content (AvgIpc) is 3.34. The molecule has 1 amide bonds. The first-order valence-electron chi connectivity index (χ1n) is 9.88. The van der Waals surface area contributed by atoms with Gasteiger partial charge in [0.15, 0.2) is 5.13 Å². The second-order valence-corrected chi connectivity index (χ2v) is 8.57. The highest BCUT2D eigenvalue weighted by atomic mass is 32.1. The van der Waals surface area contributed by atoms with Crippen LogP contribution in [0.2, 0.25) is 0 Å². The second kappa shape index (κ2) is 11.1. The SMILES string of the molecule is CCOC(=O)Cc1csc(NC(=O)Cn2cnc3sc(C(=O)OCCOC)c(C)c3c2=O)n1. The number of hydrogen-bond donors (Lipinski definition) is 1. The highest BCUT2D eigenvalue weighted by Crippen LogP contribution is 2.27. The van der Waals surface area contributed by atoms with Gasteiger partial charge in [-0.2, -0.15) is 0 Å². The molecule has 0 unspecified atom stereocenters. The van der Waals surface area contributed by atoms with Crippen molar-refractivity contribution >= 4 is 55.9 Å². The minimum absolute atomic E-state index is 0.00786. The number of amides is 1. The third-order valence-corrected chi connectivity index (χ3v) is 6.35. The molecular weight excluding hydrogens is 472 g/mol. The van der Waals surface area contributed by atoms with Crippen molar-refractivity contribution in [3.63, 3.8) is 0 Å². The Kier molecular flexibility index (Phi) is 8.25. The molecule has 0 aromatic carbocycles. The molecule has 0 saturated carbocycles. The number of fused-ring (bicyclic) bond motifs is 1. The predicted octanol–water partition coefficient (Wildman–Crippen LogP) is 1.77. The van der Waals surface area contributed by atoms with Crippen LogP contribution in [0.5, 0.6) is 0 Å². The first-order chi connectivity index (χ1) is 15.8. The molecule has 3 aromatic rings. The van der Waals surface area contributed by atoms with Gasteiger partial charge >= 0.3 is 11.9 Å². The molecule has 176 valence electrons. The van der Waals surface area contributed by atoms with Crippen molar-refractivity contribution in [1.29, 1.82) is 0 Å². The lowest BCUT2D eigenvalue weighted by molar-refractivity contribution is -0.142. The number of methoxy groups -OCH3 is 1. The summed E-state index contributed by atoms with van der Waals surface area (Å²) in [5.74, 6) is -1.44. The number of carbonyl (C=O) groups excluding carboxylic acids is 3. The molecule has 0 aliphatic rings. The lowest BCUT2D eigenvalue weighted by Crippen LogP contribution is -2.28. The second-order valence-electron chi connectivity index (χ2n) is 6.72. The van der Waals surface area contributed by atoms with E-state index in [-0.39, 0.29) is 43.0 Å².